The second-order valence-corrected chi connectivity index (χ2v) is 7.63. The summed E-state index contributed by atoms with van der Waals surface area (Å²) < 4.78 is 229. The molecule has 0 saturated heterocycles. The second-order valence-electron chi connectivity index (χ2n) is 7.63. The SMILES string of the molecule is O=C1C=CO[C@@H](CCCCC(F)(F)C(F)(F)C(F)(F)C(F)(F)C(F)(F)C(F)(F)C(F)(F)C(F)(F)F)C1. The number of unbranched alkanes of at least 4 members (excludes halogenated alkanes) is 1. The Kier molecular flexibility index (Phi) is 8.37. The third-order valence-electron chi connectivity index (χ3n) is 5.01. The second kappa shape index (κ2) is 9.40. The van der Waals surface area contributed by atoms with E-state index in [2.05, 4.69) is 0 Å². The lowest BCUT2D eigenvalue weighted by molar-refractivity contribution is -0.461. The minimum absolute atomic E-state index is 0.320. The first-order valence-corrected chi connectivity index (χ1v) is 9.28. The molecule has 0 aromatic carbocycles. The number of carbonyl (C=O) groups excluding carboxylic acids is 1. The molecule has 0 aliphatic carbocycles. The van der Waals surface area contributed by atoms with Crippen LogP contribution in [0.2, 0.25) is 0 Å². The maximum absolute atomic E-state index is 13.7. The predicted octanol–water partition coefficient (Wildman–Crippen LogP) is 7.43. The highest BCUT2D eigenvalue weighted by molar-refractivity contribution is 5.90. The topological polar surface area (TPSA) is 26.3 Å². The highest BCUT2D eigenvalue weighted by Gasteiger charge is 2.95. The van der Waals surface area contributed by atoms with Crippen LogP contribution in [-0.2, 0) is 9.53 Å². The van der Waals surface area contributed by atoms with E-state index in [4.69, 9.17) is 4.74 Å². The summed E-state index contributed by atoms with van der Waals surface area (Å²) in [6, 6.07) is 0. The van der Waals surface area contributed by atoms with E-state index in [-0.39, 0.29) is 12.8 Å². The van der Waals surface area contributed by atoms with Gasteiger partial charge in [-0.3, -0.25) is 4.79 Å². The van der Waals surface area contributed by atoms with Crippen LogP contribution >= 0.6 is 0 Å². The van der Waals surface area contributed by atoms with E-state index in [0.29, 0.717) is 0 Å². The number of halogens is 17. The molecule has 0 spiro atoms. The Morgan fingerprint density at radius 2 is 1.06 bits per heavy atom. The van der Waals surface area contributed by atoms with Crippen molar-refractivity contribution >= 4 is 5.78 Å². The molecule has 0 aromatic heterocycles. The Labute approximate surface area is 189 Å². The van der Waals surface area contributed by atoms with Crippen LogP contribution in [0.5, 0.6) is 0 Å². The van der Waals surface area contributed by atoms with Crippen LogP contribution < -0.4 is 0 Å². The van der Waals surface area contributed by atoms with Crippen molar-refractivity contribution in [3.05, 3.63) is 12.3 Å². The summed E-state index contributed by atoms with van der Waals surface area (Å²) in [5.74, 6) is -56.7. The van der Waals surface area contributed by atoms with Gasteiger partial charge in [-0.25, -0.2) is 0 Å². The molecule has 212 valence electrons. The number of allylic oxidation sites excluding steroid dienone is 1. The van der Waals surface area contributed by atoms with Gasteiger partial charge in [0.1, 0.15) is 6.10 Å². The van der Waals surface area contributed by atoms with Crippen LogP contribution in [0.25, 0.3) is 0 Å². The first-order valence-electron chi connectivity index (χ1n) is 9.28. The Morgan fingerprint density at radius 1 is 0.639 bits per heavy atom. The molecular formula is C17H13F17O2. The number of ether oxygens (including phenoxy) is 1. The Balaban J connectivity index is 3.18. The van der Waals surface area contributed by atoms with E-state index < -0.39 is 78.8 Å². The van der Waals surface area contributed by atoms with Gasteiger partial charge < -0.3 is 4.74 Å². The zero-order valence-corrected chi connectivity index (χ0v) is 17.0. The van der Waals surface area contributed by atoms with Crippen molar-refractivity contribution in [1.82, 2.24) is 0 Å². The van der Waals surface area contributed by atoms with Gasteiger partial charge in [-0.1, -0.05) is 0 Å². The molecule has 2 nitrogen and oxygen atoms in total. The Morgan fingerprint density at radius 3 is 1.47 bits per heavy atom. The van der Waals surface area contributed by atoms with Crippen molar-refractivity contribution in [3.63, 3.8) is 0 Å². The molecule has 0 radical (unpaired) electrons. The third-order valence-corrected chi connectivity index (χ3v) is 5.01. The molecule has 0 amide bonds. The maximum atomic E-state index is 13.7. The van der Waals surface area contributed by atoms with E-state index in [1.807, 2.05) is 0 Å². The van der Waals surface area contributed by atoms with Gasteiger partial charge in [0.25, 0.3) is 0 Å². The van der Waals surface area contributed by atoms with Crippen LogP contribution in [0, 0.1) is 0 Å². The molecule has 36 heavy (non-hydrogen) atoms. The summed E-state index contributed by atoms with van der Waals surface area (Å²) in [7, 11) is 0. The molecule has 1 aliphatic rings. The first kappa shape index (κ1) is 32.0. The lowest BCUT2D eigenvalue weighted by Gasteiger charge is -2.42. The summed E-state index contributed by atoms with van der Waals surface area (Å²) in [4.78, 5) is 11.1. The standard InChI is InChI=1S/C17H13F17O2/c18-10(19,5-2-1-3-9-7-8(35)4-6-36-9)11(20,21)12(22,23)13(24,25)14(26,27)15(28,29)16(30,31)17(32,33)34/h4,6,9H,1-3,5,7H2/t9-/m0/s1. The van der Waals surface area contributed by atoms with Gasteiger partial charge in [0, 0.05) is 18.9 Å². The maximum Gasteiger partial charge on any atom is 0.460 e. The first-order chi connectivity index (χ1) is 15.7. The monoisotopic (exact) mass is 572 g/mol. The van der Waals surface area contributed by atoms with Gasteiger partial charge in [0.15, 0.2) is 5.78 Å². The van der Waals surface area contributed by atoms with Gasteiger partial charge in [0.2, 0.25) is 0 Å². The fourth-order valence-electron chi connectivity index (χ4n) is 2.81. The Hall–Kier alpha value is -1.98. The Bertz CT molecular complexity index is 828. The molecule has 0 N–H and O–H groups in total. The predicted molar refractivity (Wildman–Crippen MR) is 82.8 cm³/mol. The third kappa shape index (κ3) is 4.93. The van der Waals surface area contributed by atoms with Crippen LogP contribution in [0.3, 0.4) is 0 Å². The summed E-state index contributed by atoms with van der Waals surface area (Å²) in [5.41, 5.74) is 0. The van der Waals surface area contributed by atoms with Gasteiger partial charge >= 0.3 is 47.6 Å². The number of ketones is 1. The largest absolute Gasteiger partial charge is 0.497 e. The fourth-order valence-corrected chi connectivity index (χ4v) is 2.81. The molecule has 0 bridgehead atoms. The highest BCUT2D eigenvalue weighted by atomic mass is 19.4. The fraction of sp³-hybridized carbons (Fsp3) is 0.824. The summed E-state index contributed by atoms with van der Waals surface area (Å²) in [6.45, 7) is 0. The molecule has 1 aliphatic heterocycles. The molecule has 0 aromatic rings. The lowest BCUT2D eigenvalue weighted by atomic mass is 9.87. The summed E-state index contributed by atoms with van der Waals surface area (Å²) in [6.07, 6.45) is -12.0. The quantitative estimate of drug-likeness (QED) is 0.190. The van der Waals surface area contributed by atoms with E-state index in [1.165, 1.54) is 0 Å². The number of hydrogen-bond acceptors (Lipinski definition) is 2. The molecule has 19 heteroatoms. The normalized spacial score (nSPS) is 19.5. The zero-order chi connectivity index (χ0) is 28.8. The van der Waals surface area contributed by atoms with E-state index in [1.54, 1.807) is 0 Å². The summed E-state index contributed by atoms with van der Waals surface area (Å²) in [5, 5.41) is 0. The zero-order valence-electron chi connectivity index (χ0n) is 17.0. The van der Waals surface area contributed by atoms with E-state index >= 15 is 0 Å². The van der Waals surface area contributed by atoms with Gasteiger partial charge in [0.05, 0.1) is 6.26 Å². The summed E-state index contributed by atoms with van der Waals surface area (Å²) >= 11 is 0. The van der Waals surface area contributed by atoms with Gasteiger partial charge in [-0.15, -0.1) is 0 Å². The average molecular weight is 572 g/mol. The van der Waals surface area contributed by atoms with E-state index in [9.17, 15) is 79.4 Å². The molecule has 0 saturated carbocycles. The van der Waals surface area contributed by atoms with Crippen molar-refractivity contribution < 1.29 is 84.2 Å². The lowest BCUT2D eigenvalue weighted by Crippen LogP contribution is -2.74. The molecule has 0 fully saturated rings. The van der Waals surface area contributed by atoms with Crippen molar-refractivity contribution in [2.75, 3.05) is 0 Å². The molecule has 1 atom stereocenters. The van der Waals surface area contributed by atoms with Crippen LogP contribution in [-0.4, -0.2) is 59.5 Å². The number of rotatable bonds is 11. The van der Waals surface area contributed by atoms with Crippen molar-refractivity contribution in [3.8, 4) is 0 Å². The van der Waals surface area contributed by atoms with Crippen molar-refractivity contribution in [2.24, 2.45) is 0 Å². The average Bonchev–Trinajstić information content (AvgIpc) is 2.69. The molecule has 1 heterocycles. The minimum atomic E-state index is -8.62. The minimum Gasteiger partial charge on any atom is -0.497 e. The smallest absolute Gasteiger partial charge is 0.460 e. The van der Waals surface area contributed by atoms with Gasteiger partial charge in [-0.2, -0.15) is 74.6 Å². The van der Waals surface area contributed by atoms with Crippen molar-refractivity contribution in [1.29, 1.82) is 0 Å². The van der Waals surface area contributed by atoms with Gasteiger partial charge in [-0.05, 0) is 19.3 Å². The van der Waals surface area contributed by atoms with Crippen molar-refractivity contribution in [2.45, 2.75) is 85.8 Å². The van der Waals surface area contributed by atoms with Crippen LogP contribution in [0.1, 0.15) is 32.1 Å². The molecule has 0 unspecified atom stereocenters. The molecule has 1 rings (SSSR count). The van der Waals surface area contributed by atoms with Crippen LogP contribution in [0.15, 0.2) is 12.3 Å². The number of carbonyl (C=O) groups is 1. The molecular weight excluding hydrogens is 559 g/mol. The highest BCUT2D eigenvalue weighted by Crippen LogP contribution is 2.64. The number of alkyl halides is 17. The van der Waals surface area contributed by atoms with E-state index in [0.717, 1.165) is 12.3 Å². The van der Waals surface area contributed by atoms with Crippen LogP contribution in [0.4, 0.5) is 74.6 Å². The number of hydrogen-bond donors (Lipinski definition) is 0.